The monoisotopic (exact) mass is 472 g/mol. The van der Waals surface area contributed by atoms with Crippen molar-refractivity contribution in [2.24, 2.45) is 0 Å². The molecule has 1 unspecified atom stereocenters. The Morgan fingerprint density at radius 3 is 2.78 bits per heavy atom. The Kier molecular flexibility index (Phi) is 7.46. The Balaban J connectivity index is 1.46. The van der Waals surface area contributed by atoms with Crippen LogP contribution < -0.4 is 5.32 Å². The third-order valence-corrected chi connectivity index (χ3v) is 7.50. The van der Waals surface area contributed by atoms with Crippen LogP contribution >= 0.6 is 22.9 Å². The molecular formula is C24H26ClFN4OS. The number of halogens is 2. The molecule has 2 amide bonds. The second-order valence-electron chi connectivity index (χ2n) is 8.23. The van der Waals surface area contributed by atoms with E-state index in [0.29, 0.717) is 17.1 Å². The molecule has 1 fully saturated rings. The minimum atomic E-state index is -0.506. The number of rotatable bonds is 6. The Morgan fingerprint density at radius 1 is 1.31 bits per heavy atom. The fourth-order valence-electron chi connectivity index (χ4n) is 4.37. The second kappa shape index (κ2) is 10.5. The molecule has 8 heteroatoms. The summed E-state index contributed by atoms with van der Waals surface area (Å²) in [5.74, 6) is -0.506. The molecule has 0 bridgehead atoms. The van der Waals surface area contributed by atoms with Crippen LogP contribution in [0.5, 0.6) is 0 Å². The van der Waals surface area contributed by atoms with E-state index in [-0.39, 0.29) is 17.1 Å². The number of likely N-dealkylation sites (tertiary alicyclic amines) is 1. The Morgan fingerprint density at radius 2 is 2.12 bits per heavy atom. The SMILES string of the molecule is N#Cc1ccc(C2=CCC(N(CCN3CCCC3)C(=O)Nc3ccc(F)c(Cl)c3)CC2)s1. The number of nitrogens with one attached hydrogen (secondary N) is 1. The lowest BCUT2D eigenvalue weighted by atomic mass is 9.93. The summed E-state index contributed by atoms with van der Waals surface area (Å²) >= 11 is 7.40. The van der Waals surface area contributed by atoms with Crippen molar-refractivity contribution in [3.05, 3.63) is 57.0 Å². The maximum Gasteiger partial charge on any atom is 0.322 e. The highest BCUT2D eigenvalue weighted by Gasteiger charge is 2.27. The number of anilines is 1. The summed E-state index contributed by atoms with van der Waals surface area (Å²) in [6.45, 7) is 3.65. The molecule has 1 saturated heterocycles. The van der Waals surface area contributed by atoms with Crippen LogP contribution in [0, 0.1) is 17.1 Å². The van der Waals surface area contributed by atoms with E-state index in [0.717, 1.165) is 43.8 Å². The van der Waals surface area contributed by atoms with Gasteiger partial charge in [0.1, 0.15) is 16.8 Å². The van der Waals surface area contributed by atoms with Crippen molar-refractivity contribution in [2.45, 2.75) is 38.1 Å². The number of nitrogens with zero attached hydrogens (tertiary/aromatic N) is 3. The maximum atomic E-state index is 13.5. The molecule has 1 aromatic carbocycles. The van der Waals surface area contributed by atoms with Crippen molar-refractivity contribution >= 4 is 40.2 Å². The van der Waals surface area contributed by atoms with E-state index >= 15 is 0 Å². The molecule has 0 saturated carbocycles. The van der Waals surface area contributed by atoms with Gasteiger partial charge in [-0.2, -0.15) is 5.26 Å². The minimum absolute atomic E-state index is 0.00987. The van der Waals surface area contributed by atoms with Gasteiger partial charge in [0.15, 0.2) is 0 Å². The summed E-state index contributed by atoms with van der Waals surface area (Å²) < 4.78 is 13.5. The topological polar surface area (TPSA) is 59.4 Å². The Labute approximate surface area is 197 Å². The molecule has 1 aromatic heterocycles. The van der Waals surface area contributed by atoms with Crippen molar-refractivity contribution in [2.75, 3.05) is 31.5 Å². The van der Waals surface area contributed by atoms with Crippen LogP contribution in [0.2, 0.25) is 5.02 Å². The van der Waals surface area contributed by atoms with Gasteiger partial charge in [-0.3, -0.25) is 0 Å². The predicted octanol–water partition coefficient (Wildman–Crippen LogP) is 5.98. The zero-order valence-electron chi connectivity index (χ0n) is 17.8. The van der Waals surface area contributed by atoms with Crippen LogP contribution in [0.15, 0.2) is 36.4 Å². The minimum Gasteiger partial charge on any atom is -0.320 e. The third kappa shape index (κ3) is 5.50. The zero-order chi connectivity index (χ0) is 22.5. The van der Waals surface area contributed by atoms with E-state index in [4.69, 9.17) is 16.9 Å². The summed E-state index contributed by atoms with van der Waals surface area (Å²) in [7, 11) is 0. The highest BCUT2D eigenvalue weighted by atomic mass is 35.5. The summed E-state index contributed by atoms with van der Waals surface area (Å²) in [6.07, 6.45) is 7.12. The fraction of sp³-hybridized carbons (Fsp3) is 0.417. The molecule has 5 nitrogen and oxygen atoms in total. The van der Waals surface area contributed by atoms with Gasteiger partial charge in [-0.1, -0.05) is 17.7 Å². The van der Waals surface area contributed by atoms with Crippen molar-refractivity contribution in [1.29, 1.82) is 5.26 Å². The van der Waals surface area contributed by atoms with Gasteiger partial charge in [0, 0.05) is 29.7 Å². The summed E-state index contributed by atoms with van der Waals surface area (Å²) in [5.41, 5.74) is 1.74. The standard InChI is InChI=1S/C24H26ClFN4OS/c25-21-15-18(5-9-22(21)26)28-24(31)30(14-13-29-11-1-2-12-29)19-6-3-17(4-7-19)23-10-8-20(16-27)32-23/h3,5,8-10,15,19H,1-2,4,6-7,11-14H2,(H,28,31). The number of hydrogen-bond acceptors (Lipinski definition) is 4. The second-order valence-corrected chi connectivity index (χ2v) is 9.73. The highest BCUT2D eigenvalue weighted by molar-refractivity contribution is 7.13. The molecule has 1 aliphatic carbocycles. The predicted molar refractivity (Wildman–Crippen MR) is 127 cm³/mol. The van der Waals surface area contributed by atoms with Crippen LogP contribution in [0.4, 0.5) is 14.9 Å². The van der Waals surface area contributed by atoms with Crippen molar-refractivity contribution in [1.82, 2.24) is 9.80 Å². The quantitative estimate of drug-likeness (QED) is 0.562. The number of nitriles is 1. The molecule has 2 aliphatic rings. The van der Waals surface area contributed by atoms with E-state index in [1.54, 1.807) is 0 Å². The summed E-state index contributed by atoms with van der Waals surface area (Å²) in [6, 6.07) is 10.2. The normalized spacial score (nSPS) is 18.8. The van der Waals surface area contributed by atoms with E-state index < -0.39 is 5.82 Å². The first kappa shape index (κ1) is 22.8. The molecule has 2 aromatic rings. The van der Waals surface area contributed by atoms with E-state index in [2.05, 4.69) is 22.4 Å². The van der Waals surface area contributed by atoms with Gasteiger partial charge in [-0.15, -0.1) is 11.3 Å². The first-order valence-corrected chi connectivity index (χ1v) is 12.2. The van der Waals surface area contributed by atoms with E-state index in [1.807, 2.05) is 17.0 Å². The smallest absolute Gasteiger partial charge is 0.320 e. The van der Waals surface area contributed by atoms with Gasteiger partial charge >= 0.3 is 6.03 Å². The lowest BCUT2D eigenvalue weighted by Crippen LogP contribution is -2.46. The van der Waals surface area contributed by atoms with Gasteiger partial charge in [-0.05, 0) is 81.1 Å². The third-order valence-electron chi connectivity index (χ3n) is 6.14. The number of amides is 2. The fourth-order valence-corrected chi connectivity index (χ4v) is 5.42. The Hall–Kier alpha value is -2.40. The Bertz CT molecular complexity index is 1040. The van der Waals surface area contributed by atoms with Gasteiger partial charge in [0.2, 0.25) is 0 Å². The molecule has 4 rings (SSSR count). The van der Waals surface area contributed by atoms with Gasteiger partial charge in [-0.25, -0.2) is 9.18 Å². The highest BCUT2D eigenvalue weighted by Crippen LogP contribution is 2.33. The first-order chi connectivity index (χ1) is 15.5. The van der Waals surface area contributed by atoms with Crippen molar-refractivity contribution < 1.29 is 9.18 Å². The van der Waals surface area contributed by atoms with Crippen LogP contribution in [0.3, 0.4) is 0 Å². The average Bonchev–Trinajstić information content (AvgIpc) is 3.49. The number of carbonyl (C=O) groups is 1. The van der Waals surface area contributed by atoms with Crippen molar-refractivity contribution in [3.8, 4) is 6.07 Å². The van der Waals surface area contributed by atoms with Gasteiger partial charge in [0.05, 0.1) is 5.02 Å². The largest absolute Gasteiger partial charge is 0.322 e. The summed E-state index contributed by atoms with van der Waals surface area (Å²) in [5, 5.41) is 12.0. The summed E-state index contributed by atoms with van der Waals surface area (Å²) in [4.78, 5) is 19.4. The lowest BCUT2D eigenvalue weighted by Gasteiger charge is -2.35. The van der Waals surface area contributed by atoms with Crippen LogP contribution in [0.1, 0.15) is 41.9 Å². The molecule has 0 spiro atoms. The number of carbonyl (C=O) groups excluding carboxylic acids is 1. The number of benzene rings is 1. The molecule has 1 atom stereocenters. The molecule has 2 heterocycles. The van der Waals surface area contributed by atoms with Gasteiger partial charge < -0.3 is 15.1 Å². The zero-order valence-corrected chi connectivity index (χ0v) is 19.4. The molecule has 0 radical (unpaired) electrons. The molecule has 1 N–H and O–H groups in total. The van der Waals surface area contributed by atoms with Gasteiger partial charge in [0.25, 0.3) is 0 Å². The molecule has 168 valence electrons. The van der Waals surface area contributed by atoms with E-state index in [1.165, 1.54) is 48.0 Å². The van der Waals surface area contributed by atoms with Crippen LogP contribution in [0.25, 0.3) is 5.57 Å². The molecule has 32 heavy (non-hydrogen) atoms. The van der Waals surface area contributed by atoms with Crippen LogP contribution in [-0.2, 0) is 0 Å². The van der Waals surface area contributed by atoms with Crippen LogP contribution in [-0.4, -0.2) is 48.1 Å². The number of thiophene rings is 1. The number of allylic oxidation sites excluding steroid dienone is 1. The number of hydrogen-bond donors (Lipinski definition) is 1. The molecule has 1 aliphatic heterocycles. The van der Waals surface area contributed by atoms with E-state index in [9.17, 15) is 9.18 Å². The molecular weight excluding hydrogens is 447 g/mol. The first-order valence-electron chi connectivity index (χ1n) is 11.0. The maximum absolute atomic E-state index is 13.5. The number of urea groups is 1. The average molecular weight is 473 g/mol. The lowest BCUT2D eigenvalue weighted by molar-refractivity contribution is 0.170. The van der Waals surface area contributed by atoms with Crippen molar-refractivity contribution in [3.63, 3.8) is 0 Å².